The molecule has 1 amide bonds. The first-order valence-corrected chi connectivity index (χ1v) is 9.08. The Hall–Kier alpha value is -2.81. The molecule has 3 nitrogen and oxygen atoms in total. The summed E-state index contributed by atoms with van der Waals surface area (Å²) in [5.41, 5.74) is 1.13. The topological polar surface area (TPSA) is 38.3 Å². The van der Waals surface area contributed by atoms with Gasteiger partial charge in [-0.1, -0.05) is 74.5 Å². The molecule has 26 heavy (non-hydrogen) atoms. The van der Waals surface area contributed by atoms with E-state index in [-0.39, 0.29) is 18.6 Å². The van der Waals surface area contributed by atoms with Gasteiger partial charge in [0.1, 0.15) is 5.75 Å². The van der Waals surface area contributed by atoms with Crippen LogP contribution in [0.25, 0.3) is 10.8 Å². The van der Waals surface area contributed by atoms with E-state index in [0.29, 0.717) is 11.7 Å². The van der Waals surface area contributed by atoms with Crippen molar-refractivity contribution in [1.29, 1.82) is 0 Å². The Morgan fingerprint density at radius 2 is 1.62 bits per heavy atom. The fourth-order valence-corrected chi connectivity index (χ4v) is 3.08. The van der Waals surface area contributed by atoms with E-state index < -0.39 is 0 Å². The zero-order chi connectivity index (χ0) is 18.4. The Bertz CT molecular complexity index is 858. The molecule has 0 heterocycles. The highest BCUT2D eigenvalue weighted by atomic mass is 16.5. The van der Waals surface area contributed by atoms with Crippen LogP contribution in [-0.2, 0) is 4.79 Å². The fourth-order valence-electron chi connectivity index (χ4n) is 3.08. The molecular weight excluding hydrogens is 322 g/mol. The maximum Gasteiger partial charge on any atom is 0.258 e. The molecule has 134 valence electrons. The number of carbonyl (C=O) groups is 1. The molecule has 0 spiro atoms. The fraction of sp³-hybridized carbons (Fsp3) is 0.261. The van der Waals surface area contributed by atoms with Crippen molar-refractivity contribution in [1.82, 2.24) is 5.32 Å². The van der Waals surface area contributed by atoms with Crippen LogP contribution in [0.4, 0.5) is 0 Å². The van der Waals surface area contributed by atoms with E-state index in [2.05, 4.69) is 37.4 Å². The summed E-state index contributed by atoms with van der Waals surface area (Å²) in [5.74, 6) is 1.09. The summed E-state index contributed by atoms with van der Waals surface area (Å²) < 4.78 is 5.71. The summed E-state index contributed by atoms with van der Waals surface area (Å²) in [6.07, 6.45) is 0.895. The summed E-state index contributed by atoms with van der Waals surface area (Å²) >= 11 is 0. The largest absolute Gasteiger partial charge is 0.484 e. The van der Waals surface area contributed by atoms with E-state index in [9.17, 15) is 4.79 Å². The molecule has 0 aliphatic heterocycles. The van der Waals surface area contributed by atoms with Gasteiger partial charge in [0, 0.05) is 0 Å². The summed E-state index contributed by atoms with van der Waals surface area (Å²) in [5, 5.41) is 5.37. The average Bonchev–Trinajstić information content (AvgIpc) is 2.66. The third-order valence-corrected chi connectivity index (χ3v) is 4.34. The molecule has 0 bridgehead atoms. The minimum atomic E-state index is -0.104. The quantitative estimate of drug-likeness (QED) is 0.644. The molecular formula is C23H25NO2. The lowest BCUT2D eigenvalue weighted by Crippen LogP contribution is -2.33. The standard InChI is InChI=1S/C23H25NO2/c1-17(2)14-22(19-9-4-3-5-10-19)24-23(25)16-26-21-13-12-18-8-6-7-11-20(18)15-21/h3-13,15,17,22H,14,16H2,1-2H3,(H,24,25)/t22-/m0/s1. The number of benzene rings is 3. The van der Waals surface area contributed by atoms with Crippen molar-refractivity contribution in [3.63, 3.8) is 0 Å². The molecule has 3 aromatic rings. The van der Waals surface area contributed by atoms with Gasteiger partial charge in [-0.25, -0.2) is 0 Å². The zero-order valence-electron chi connectivity index (χ0n) is 15.3. The van der Waals surface area contributed by atoms with Crippen LogP contribution < -0.4 is 10.1 Å². The molecule has 0 saturated heterocycles. The van der Waals surface area contributed by atoms with Gasteiger partial charge in [0.25, 0.3) is 5.91 Å². The highest BCUT2D eigenvalue weighted by Gasteiger charge is 2.16. The molecule has 0 aromatic heterocycles. The van der Waals surface area contributed by atoms with E-state index in [1.807, 2.05) is 54.6 Å². The van der Waals surface area contributed by atoms with Gasteiger partial charge in [-0.2, -0.15) is 0 Å². The van der Waals surface area contributed by atoms with E-state index in [4.69, 9.17) is 4.74 Å². The molecule has 0 fully saturated rings. The van der Waals surface area contributed by atoms with Crippen LogP contribution in [0.15, 0.2) is 72.8 Å². The second-order valence-corrected chi connectivity index (χ2v) is 6.96. The van der Waals surface area contributed by atoms with Crippen LogP contribution in [0.1, 0.15) is 31.9 Å². The van der Waals surface area contributed by atoms with Crippen molar-refractivity contribution >= 4 is 16.7 Å². The third kappa shape index (κ3) is 4.85. The number of nitrogens with one attached hydrogen (secondary N) is 1. The van der Waals surface area contributed by atoms with Crippen molar-refractivity contribution < 1.29 is 9.53 Å². The number of carbonyl (C=O) groups excluding carboxylic acids is 1. The van der Waals surface area contributed by atoms with Crippen molar-refractivity contribution in [2.75, 3.05) is 6.61 Å². The molecule has 1 atom stereocenters. The van der Waals surface area contributed by atoms with Gasteiger partial charge in [-0.05, 0) is 40.8 Å². The second-order valence-electron chi connectivity index (χ2n) is 6.96. The van der Waals surface area contributed by atoms with Gasteiger partial charge in [0.2, 0.25) is 0 Å². The first-order valence-electron chi connectivity index (χ1n) is 9.08. The lowest BCUT2D eigenvalue weighted by atomic mass is 9.97. The van der Waals surface area contributed by atoms with E-state index in [1.54, 1.807) is 0 Å². The zero-order valence-corrected chi connectivity index (χ0v) is 15.3. The molecule has 0 aliphatic carbocycles. The molecule has 1 N–H and O–H groups in total. The molecule has 3 aromatic carbocycles. The van der Waals surface area contributed by atoms with E-state index in [0.717, 1.165) is 22.8 Å². The summed E-state index contributed by atoms with van der Waals surface area (Å²) in [4.78, 5) is 12.4. The lowest BCUT2D eigenvalue weighted by Gasteiger charge is -2.21. The van der Waals surface area contributed by atoms with Gasteiger partial charge in [0.15, 0.2) is 6.61 Å². The van der Waals surface area contributed by atoms with E-state index in [1.165, 1.54) is 0 Å². The summed E-state index contributed by atoms with van der Waals surface area (Å²) in [7, 11) is 0. The van der Waals surface area contributed by atoms with Gasteiger partial charge in [0.05, 0.1) is 6.04 Å². The number of hydrogen-bond donors (Lipinski definition) is 1. The van der Waals surface area contributed by atoms with Crippen LogP contribution >= 0.6 is 0 Å². The number of ether oxygens (including phenoxy) is 1. The molecule has 0 radical (unpaired) electrons. The predicted molar refractivity (Wildman–Crippen MR) is 106 cm³/mol. The SMILES string of the molecule is CC(C)C[C@H](NC(=O)COc1ccc2ccccc2c1)c1ccccc1. The number of hydrogen-bond acceptors (Lipinski definition) is 2. The minimum Gasteiger partial charge on any atom is -0.484 e. The normalized spacial score (nSPS) is 12.1. The number of rotatable bonds is 7. The van der Waals surface area contributed by atoms with Crippen molar-refractivity contribution in [2.24, 2.45) is 5.92 Å². The van der Waals surface area contributed by atoms with Gasteiger partial charge < -0.3 is 10.1 Å². The monoisotopic (exact) mass is 347 g/mol. The van der Waals surface area contributed by atoms with Crippen LogP contribution in [0, 0.1) is 5.92 Å². The highest BCUT2D eigenvalue weighted by molar-refractivity contribution is 5.84. The average molecular weight is 347 g/mol. The Labute approximate surface area is 155 Å². The molecule has 0 aliphatic rings. The van der Waals surface area contributed by atoms with Crippen LogP contribution in [0.3, 0.4) is 0 Å². The van der Waals surface area contributed by atoms with Gasteiger partial charge in [-0.15, -0.1) is 0 Å². The first kappa shape index (κ1) is 18.0. The maximum atomic E-state index is 12.4. The van der Waals surface area contributed by atoms with Crippen LogP contribution in [0.2, 0.25) is 0 Å². The first-order chi connectivity index (χ1) is 12.6. The number of fused-ring (bicyclic) bond motifs is 1. The van der Waals surface area contributed by atoms with Crippen molar-refractivity contribution in [2.45, 2.75) is 26.3 Å². The van der Waals surface area contributed by atoms with Gasteiger partial charge in [-0.3, -0.25) is 4.79 Å². The molecule has 0 unspecified atom stereocenters. The van der Waals surface area contributed by atoms with Crippen LogP contribution in [-0.4, -0.2) is 12.5 Å². The van der Waals surface area contributed by atoms with Crippen LogP contribution in [0.5, 0.6) is 5.75 Å². The Balaban J connectivity index is 1.62. The number of amides is 1. The highest BCUT2D eigenvalue weighted by Crippen LogP contribution is 2.22. The molecule has 3 rings (SSSR count). The Morgan fingerprint density at radius 1 is 0.923 bits per heavy atom. The van der Waals surface area contributed by atoms with E-state index >= 15 is 0 Å². The second kappa shape index (κ2) is 8.52. The lowest BCUT2D eigenvalue weighted by molar-refractivity contribution is -0.124. The summed E-state index contributed by atoms with van der Waals surface area (Å²) in [6.45, 7) is 4.33. The smallest absolute Gasteiger partial charge is 0.258 e. The minimum absolute atomic E-state index is 0.00361. The molecule has 0 saturated carbocycles. The molecule has 3 heteroatoms. The Morgan fingerprint density at radius 3 is 2.35 bits per heavy atom. The Kier molecular flexibility index (Phi) is 5.90. The predicted octanol–water partition coefficient (Wildman–Crippen LogP) is 5.12. The van der Waals surface area contributed by atoms with Gasteiger partial charge >= 0.3 is 0 Å². The van der Waals surface area contributed by atoms with Crippen molar-refractivity contribution in [3.05, 3.63) is 78.4 Å². The maximum absolute atomic E-state index is 12.4. The third-order valence-electron chi connectivity index (χ3n) is 4.34. The summed E-state index contributed by atoms with van der Waals surface area (Å²) in [6, 6.07) is 24.1. The van der Waals surface area contributed by atoms with Crippen molar-refractivity contribution in [3.8, 4) is 5.75 Å².